The Morgan fingerprint density at radius 1 is 1.69 bits per heavy atom. The molecule has 0 aliphatic rings. The molecule has 1 atom stereocenters. The zero-order valence-electron chi connectivity index (χ0n) is 7.72. The maximum Gasteiger partial charge on any atom is 0.173 e. The molecule has 0 fully saturated rings. The van der Waals surface area contributed by atoms with Crippen LogP contribution in [-0.4, -0.2) is 12.6 Å². The summed E-state index contributed by atoms with van der Waals surface area (Å²) in [6.45, 7) is 3.67. The van der Waals surface area contributed by atoms with Crippen molar-refractivity contribution in [2.75, 3.05) is 6.54 Å². The van der Waals surface area contributed by atoms with Crippen molar-refractivity contribution in [2.45, 2.75) is 25.9 Å². The van der Waals surface area contributed by atoms with E-state index in [0.717, 1.165) is 29.7 Å². The molecule has 74 valence electrons. The van der Waals surface area contributed by atoms with Gasteiger partial charge >= 0.3 is 0 Å². The van der Waals surface area contributed by atoms with Gasteiger partial charge < -0.3 is 15.5 Å². The van der Waals surface area contributed by atoms with Crippen LogP contribution < -0.4 is 11.1 Å². The Hall–Kier alpha value is -0.320. The molecule has 1 unspecified atom stereocenters. The fourth-order valence-electron chi connectivity index (χ4n) is 1.08. The van der Waals surface area contributed by atoms with Gasteiger partial charge in [0, 0.05) is 18.2 Å². The van der Waals surface area contributed by atoms with E-state index >= 15 is 0 Å². The van der Waals surface area contributed by atoms with Gasteiger partial charge in [0.25, 0.3) is 0 Å². The van der Waals surface area contributed by atoms with E-state index in [9.17, 15) is 0 Å². The van der Waals surface area contributed by atoms with Crippen molar-refractivity contribution in [3.05, 3.63) is 22.6 Å². The van der Waals surface area contributed by atoms with Gasteiger partial charge in [0.15, 0.2) is 4.67 Å². The van der Waals surface area contributed by atoms with Crippen LogP contribution in [0.1, 0.15) is 18.9 Å². The monoisotopic (exact) mass is 246 g/mol. The molecule has 3 N–H and O–H groups in total. The van der Waals surface area contributed by atoms with Gasteiger partial charge in [0.2, 0.25) is 0 Å². The lowest BCUT2D eigenvalue weighted by Crippen LogP contribution is -2.27. The minimum atomic E-state index is 0.451. The summed E-state index contributed by atoms with van der Waals surface area (Å²) in [6, 6.07) is 2.40. The van der Waals surface area contributed by atoms with Crippen LogP contribution in [0.5, 0.6) is 0 Å². The standard InChI is InChI=1S/C9H15BrN2O/c1-7(2-4-11)12-6-8-3-5-13-9(8)10/h3,5,7,12H,2,4,6,11H2,1H3. The summed E-state index contributed by atoms with van der Waals surface area (Å²) in [5.41, 5.74) is 6.58. The Morgan fingerprint density at radius 2 is 2.46 bits per heavy atom. The van der Waals surface area contributed by atoms with E-state index in [1.165, 1.54) is 0 Å². The number of nitrogens with two attached hydrogens (primary N) is 1. The average Bonchev–Trinajstić information content (AvgIpc) is 2.48. The van der Waals surface area contributed by atoms with Crippen molar-refractivity contribution in [1.29, 1.82) is 0 Å². The van der Waals surface area contributed by atoms with E-state index in [4.69, 9.17) is 10.2 Å². The summed E-state index contributed by atoms with van der Waals surface area (Å²) in [5, 5.41) is 3.36. The first kappa shape index (κ1) is 10.8. The van der Waals surface area contributed by atoms with Gasteiger partial charge in [0.1, 0.15) is 0 Å². The lowest BCUT2D eigenvalue weighted by Gasteiger charge is -2.11. The van der Waals surface area contributed by atoms with Crippen LogP contribution in [0.2, 0.25) is 0 Å². The molecule has 0 aromatic carbocycles. The topological polar surface area (TPSA) is 51.2 Å². The fraction of sp³-hybridized carbons (Fsp3) is 0.556. The number of hydrogen-bond acceptors (Lipinski definition) is 3. The normalized spacial score (nSPS) is 13.2. The molecule has 3 nitrogen and oxygen atoms in total. The van der Waals surface area contributed by atoms with Gasteiger partial charge in [-0.2, -0.15) is 0 Å². The number of furan rings is 1. The van der Waals surface area contributed by atoms with E-state index in [0.29, 0.717) is 6.04 Å². The van der Waals surface area contributed by atoms with E-state index in [1.807, 2.05) is 6.07 Å². The Balaban J connectivity index is 2.30. The van der Waals surface area contributed by atoms with Crippen LogP contribution in [0.15, 0.2) is 21.4 Å². The summed E-state index contributed by atoms with van der Waals surface area (Å²) >= 11 is 3.32. The first-order valence-electron chi connectivity index (χ1n) is 4.39. The molecule has 0 bridgehead atoms. The van der Waals surface area contributed by atoms with E-state index < -0.39 is 0 Å². The molecule has 1 aromatic heterocycles. The Bertz CT molecular complexity index is 250. The lowest BCUT2D eigenvalue weighted by atomic mass is 10.2. The molecule has 1 heterocycles. The molecule has 1 aromatic rings. The molecule has 0 aliphatic carbocycles. The van der Waals surface area contributed by atoms with Crippen molar-refractivity contribution < 1.29 is 4.42 Å². The van der Waals surface area contributed by atoms with Crippen molar-refractivity contribution >= 4 is 15.9 Å². The highest BCUT2D eigenvalue weighted by Crippen LogP contribution is 2.17. The van der Waals surface area contributed by atoms with Crippen LogP contribution in [0.25, 0.3) is 0 Å². The summed E-state index contributed by atoms with van der Waals surface area (Å²) in [6.07, 6.45) is 2.67. The minimum absolute atomic E-state index is 0.451. The zero-order valence-corrected chi connectivity index (χ0v) is 9.30. The second kappa shape index (κ2) is 5.42. The van der Waals surface area contributed by atoms with Gasteiger partial charge in [-0.1, -0.05) is 0 Å². The zero-order chi connectivity index (χ0) is 9.68. The third kappa shape index (κ3) is 3.50. The Morgan fingerprint density at radius 3 is 3.00 bits per heavy atom. The highest BCUT2D eigenvalue weighted by atomic mass is 79.9. The van der Waals surface area contributed by atoms with Crippen molar-refractivity contribution in [3.8, 4) is 0 Å². The largest absolute Gasteiger partial charge is 0.457 e. The maximum atomic E-state index is 5.44. The van der Waals surface area contributed by atoms with E-state index in [1.54, 1.807) is 6.26 Å². The SMILES string of the molecule is CC(CCN)NCc1ccoc1Br. The third-order valence-corrected chi connectivity index (χ3v) is 2.63. The van der Waals surface area contributed by atoms with Crippen LogP contribution in [0, 0.1) is 0 Å². The molecular formula is C9H15BrN2O. The van der Waals surface area contributed by atoms with Crippen LogP contribution in [0.4, 0.5) is 0 Å². The second-order valence-corrected chi connectivity index (χ2v) is 3.80. The molecule has 13 heavy (non-hydrogen) atoms. The molecule has 0 amide bonds. The average molecular weight is 247 g/mol. The van der Waals surface area contributed by atoms with Gasteiger partial charge in [-0.3, -0.25) is 0 Å². The minimum Gasteiger partial charge on any atom is -0.457 e. The maximum absolute atomic E-state index is 5.44. The quantitative estimate of drug-likeness (QED) is 0.835. The van der Waals surface area contributed by atoms with Crippen LogP contribution in [-0.2, 0) is 6.54 Å². The van der Waals surface area contributed by atoms with Gasteiger partial charge in [0.05, 0.1) is 6.26 Å². The molecule has 4 heteroatoms. The third-order valence-electron chi connectivity index (χ3n) is 1.93. The number of hydrogen-bond donors (Lipinski definition) is 2. The van der Waals surface area contributed by atoms with Crippen molar-refractivity contribution in [2.24, 2.45) is 5.73 Å². The Kier molecular flexibility index (Phi) is 4.48. The molecule has 0 radical (unpaired) electrons. The molecule has 1 rings (SSSR count). The van der Waals surface area contributed by atoms with Crippen LogP contribution in [0.3, 0.4) is 0 Å². The highest BCUT2D eigenvalue weighted by Gasteiger charge is 2.04. The summed E-state index contributed by atoms with van der Waals surface area (Å²) in [4.78, 5) is 0. The molecule has 0 aliphatic heterocycles. The number of halogens is 1. The molecule has 0 saturated carbocycles. The summed E-state index contributed by atoms with van der Waals surface area (Å²) < 4.78 is 5.91. The van der Waals surface area contributed by atoms with E-state index in [-0.39, 0.29) is 0 Å². The molecule has 0 spiro atoms. The second-order valence-electron chi connectivity index (χ2n) is 3.08. The van der Waals surface area contributed by atoms with Gasteiger partial charge in [-0.15, -0.1) is 0 Å². The van der Waals surface area contributed by atoms with Gasteiger partial charge in [-0.05, 0) is 41.9 Å². The number of rotatable bonds is 5. The summed E-state index contributed by atoms with van der Waals surface area (Å²) in [5.74, 6) is 0. The van der Waals surface area contributed by atoms with Crippen molar-refractivity contribution in [1.82, 2.24) is 5.32 Å². The predicted molar refractivity (Wildman–Crippen MR) is 56.4 cm³/mol. The van der Waals surface area contributed by atoms with E-state index in [2.05, 4.69) is 28.2 Å². The van der Waals surface area contributed by atoms with Gasteiger partial charge in [-0.25, -0.2) is 0 Å². The Labute approximate surface area is 86.8 Å². The number of nitrogens with one attached hydrogen (secondary N) is 1. The smallest absolute Gasteiger partial charge is 0.173 e. The van der Waals surface area contributed by atoms with Crippen LogP contribution >= 0.6 is 15.9 Å². The first-order valence-corrected chi connectivity index (χ1v) is 5.18. The van der Waals surface area contributed by atoms with Crippen molar-refractivity contribution in [3.63, 3.8) is 0 Å². The summed E-state index contributed by atoms with van der Waals surface area (Å²) in [7, 11) is 0. The lowest BCUT2D eigenvalue weighted by molar-refractivity contribution is 0.505. The predicted octanol–water partition coefficient (Wildman–Crippen LogP) is 1.87. The highest BCUT2D eigenvalue weighted by molar-refractivity contribution is 9.10. The molecular weight excluding hydrogens is 232 g/mol. The first-order chi connectivity index (χ1) is 6.24. The molecule has 0 saturated heterocycles. The fourth-order valence-corrected chi connectivity index (χ4v) is 1.46.